The van der Waals surface area contributed by atoms with E-state index in [-0.39, 0.29) is 25.0 Å². The smallest absolute Gasteiger partial charge is 0.267 e. The van der Waals surface area contributed by atoms with Crippen molar-refractivity contribution in [3.05, 3.63) is 0 Å². The van der Waals surface area contributed by atoms with Gasteiger partial charge in [0.15, 0.2) is 0 Å². The Labute approximate surface area is 76.2 Å². The van der Waals surface area contributed by atoms with Crippen LogP contribution in [0.25, 0.3) is 0 Å². The Balaban J connectivity index is 2.50. The molecular weight excluding hydrogens is 202 g/mol. The van der Waals surface area contributed by atoms with Crippen molar-refractivity contribution in [3.63, 3.8) is 0 Å². The first-order valence-corrected chi connectivity index (χ1v) is 5.58. The summed E-state index contributed by atoms with van der Waals surface area (Å²) in [6, 6.07) is 0. The van der Waals surface area contributed by atoms with Gasteiger partial charge in [0.1, 0.15) is 0 Å². The van der Waals surface area contributed by atoms with Gasteiger partial charge in [0.05, 0.1) is 12.9 Å². The summed E-state index contributed by atoms with van der Waals surface area (Å²) >= 11 is 0. The summed E-state index contributed by atoms with van der Waals surface area (Å²) in [7, 11) is -2.54. The highest BCUT2D eigenvalue weighted by molar-refractivity contribution is 7.86. The molecule has 0 aromatic heterocycles. The Hall–Kier alpha value is -0.230. The third kappa shape index (κ3) is 3.19. The molecule has 0 spiro atoms. The number of rotatable bonds is 3. The fourth-order valence-corrected chi connectivity index (χ4v) is 2.54. The average Bonchev–Trinajstić information content (AvgIpc) is 2.29. The molecule has 0 N–H and O–H groups in total. The van der Waals surface area contributed by atoms with Crippen LogP contribution in [0.3, 0.4) is 0 Å². The molecule has 0 saturated heterocycles. The van der Waals surface area contributed by atoms with Crippen molar-refractivity contribution in [2.75, 3.05) is 12.9 Å². The van der Waals surface area contributed by atoms with Crippen LogP contribution >= 0.6 is 0 Å². The lowest BCUT2D eigenvalue weighted by Crippen LogP contribution is -2.17. The molecule has 1 aliphatic rings. The van der Waals surface area contributed by atoms with Crippen LogP contribution in [0.2, 0.25) is 0 Å². The molecule has 0 bridgehead atoms. The number of hydrogen-bond donors (Lipinski definition) is 0. The zero-order valence-corrected chi connectivity index (χ0v) is 8.11. The summed E-state index contributed by atoms with van der Waals surface area (Å²) in [5.74, 6) is -3.44. The molecule has 1 rings (SSSR count). The average molecular weight is 214 g/mol. The molecular formula is C7H12F2O3S. The second kappa shape index (κ2) is 3.49. The van der Waals surface area contributed by atoms with Gasteiger partial charge in [0, 0.05) is 12.8 Å². The normalized spacial score (nSPS) is 27.8. The van der Waals surface area contributed by atoms with E-state index in [0.29, 0.717) is 0 Å². The van der Waals surface area contributed by atoms with Crippen LogP contribution in [0.15, 0.2) is 0 Å². The standard InChI is InChI=1S/C7H12F2O3S/c1-12-13(10,11)5-6-2-3-7(8,9)4-6/h6H,2-5H2,1H3. The van der Waals surface area contributed by atoms with Gasteiger partial charge >= 0.3 is 0 Å². The zero-order valence-electron chi connectivity index (χ0n) is 7.29. The van der Waals surface area contributed by atoms with Gasteiger partial charge in [-0.2, -0.15) is 8.42 Å². The minimum absolute atomic E-state index is 0.211. The van der Waals surface area contributed by atoms with Crippen molar-refractivity contribution in [1.29, 1.82) is 0 Å². The predicted molar refractivity (Wildman–Crippen MR) is 43.1 cm³/mol. The molecule has 13 heavy (non-hydrogen) atoms. The third-order valence-electron chi connectivity index (χ3n) is 2.20. The molecule has 1 saturated carbocycles. The van der Waals surface area contributed by atoms with E-state index in [1.807, 2.05) is 0 Å². The van der Waals surface area contributed by atoms with Gasteiger partial charge in [-0.25, -0.2) is 8.78 Å². The van der Waals surface area contributed by atoms with Crippen LogP contribution in [-0.4, -0.2) is 27.2 Å². The van der Waals surface area contributed by atoms with Crippen molar-refractivity contribution in [2.24, 2.45) is 5.92 Å². The van der Waals surface area contributed by atoms with Crippen molar-refractivity contribution in [3.8, 4) is 0 Å². The van der Waals surface area contributed by atoms with Crippen molar-refractivity contribution in [1.82, 2.24) is 0 Å². The van der Waals surface area contributed by atoms with Gasteiger partial charge in [0.2, 0.25) is 5.92 Å². The Kier molecular flexibility index (Phi) is 2.91. The minimum atomic E-state index is -3.59. The van der Waals surface area contributed by atoms with E-state index in [0.717, 1.165) is 7.11 Å². The monoisotopic (exact) mass is 214 g/mol. The maximum absolute atomic E-state index is 12.6. The highest BCUT2D eigenvalue weighted by atomic mass is 32.2. The SMILES string of the molecule is COS(=O)(=O)CC1CCC(F)(F)C1. The summed E-state index contributed by atoms with van der Waals surface area (Å²) < 4.78 is 51.3. The topological polar surface area (TPSA) is 43.4 Å². The molecule has 1 atom stereocenters. The lowest BCUT2D eigenvalue weighted by molar-refractivity contribution is 0.00588. The summed E-state index contributed by atoms with van der Waals surface area (Å²) in [5.41, 5.74) is 0. The molecule has 0 amide bonds. The van der Waals surface area contributed by atoms with Gasteiger partial charge in [-0.1, -0.05) is 0 Å². The van der Waals surface area contributed by atoms with E-state index in [9.17, 15) is 17.2 Å². The number of hydrogen-bond acceptors (Lipinski definition) is 3. The first-order valence-electron chi connectivity index (χ1n) is 4.01. The van der Waals surface area contributed by atoms with E-state index in [1.54, 1.807) is 0 Å². The molecule has 0 aromatic rings. The van der Waals surface area contributed by atoms with Crippen LogP contribution in [0.4, 0.5) is 8.78 Å². The zero-order chi connectivity index (χ0) is 10.1. The highest BCUT2D eigenvalue weighted by Gasteiger charge is 2.40. The Morgan fingerprint density at radius 3 is 2.54 bits per heavy atom. The van der Waals surface area contributed by atoms with Crippen LogP contribution in [-0.2, 0) is 14.3 Å². The fourth-order valence-electron chi connectivity index (χ4n) is 1.54. The Morgan fingerprint density at radius 1 is 1.54 bits per heavy atom. The summed E-state index contributed by atoms with van der Waals surface area (Å²) in [6.07, 6.45) is -0.290. The molecule has 0 aliphatic heterocycles. The van der Waals surface area contributed by atoms with Gasteiger partial charge in [-0.3, -0.25) is 4.18 Å². The molecule has 1 unspecified atom stereocenters. The molecule has 78 valence electrons. The highest BCUT2D eigenvalue weighted by Crippen LogP contribution is 2.39. The summed E-state index contributed by atoms with van der Waals surface area (Å²) in [5, 5.41) is 0. The minimum Gasteiger partial charge on any atom is -0.273 e. The lowest BCUT2D eigenvalue weighted by atomic mass is 10.1. The maximum atomic E-state index is 12.6. The van der Waals surface area contributed by atoms with Crippen LogP contribution < -0.4 is 0 Å². The van der Waals surface area contributed by atoms with Crippen LogP contribution in [0.5, 0.6) is 0 Å². The number of alkyl halides is 2. The Morgan fingerprint density at radius 2 is 2.15 bits per heavy atom. The lowest BCUT2D eigenvalue weighted by Gasteiger charge is -2.09. The largest absolute Gasteiger partial charge is 0.273 e. The summed E-state index contributed by atoms with van der Waals surface area (Å²) in [6.45, 7) is 0. The molecule has 0 aromatic carbocycles. The van der Waals surface area contributed by atoms with Gasteiger partial charge in [-0.05, 0) is 12.3 Å². The summed E-state index contributed by atoms with van der Waals surface area (Å²) in [4.78, 5) is 0. The van der Waals surface area contributed by atoms with Crippen molar-refractivity contribution in [2.45, 2.75) is 25.2 Å². The molecule has 6 heteroatoms. The third-order valence-corrected chi connectivity index (χ3v) is 3.59. The quantitative estimate of drug-likeness (QED) is 0.667. The molecule has 0 heterocycles. The van der Waals surface area contributed by atoms with E-state index in [4.69, 9.17) is 0 Å². The van der Waals surface area contributed by atoms with E-state index in [1.165, 1.54) is 0 Å². The van der Waals surface area contributed by atoms with Gasteiger partial charge < -0.3 is 0 Å². The van der Waals surface area contributed by atoms with Gasteiger partial charge in [0.25, 0.3) is 10.1 Å². The van der Waals surface area contributed by atoms with Crippen molar-refractivity contribution < 1.29 is 21.4 Å². The Bertz CT molecular complexity index is 273. The maximum Gasteiger partial charge on any atom is 0.267 e. The molecule has 3 nitrogen and oxygen atoms in total. The predicted octanol–water partition coefficient (Wildman–Crippen LogP) is 1.40. The van der Waals surface area contributed by atoms with Crippen molar-refractivity contribution >= 4 is 10.1 Å². The first-order chi connectivity index (χ1) is 5.85. The second-order valence-electron chi connectivity index (χ2n) is 3.36. The molecule has 1 fully saturated rings. The van der Waals surface area contributed by atoms with Crippen LogP contribution in [0.1, 0.15) is 19.3 Å². The molecule has 0 radical (unpaired) electrons. The second-order valence-corrected chi connectivity index (χ2v) is 5.14. The molecule has 1 aliphatic carbocycles. The first kappa shape index (κ1) is 10.8. The van der Waals surface area contributed by atoms with E-state index < -0.39 is 22.0 Å². The van der Waals surface area contributed by atoms with E-state index in [2.05, 4.69) is 4.18 Å². The van der Waals surface area contributed by atoms with E-state index >= 15 is 0 Å². The number of halogens is 2. The fraction of sp³-hybridized carbons (Fsp3) is 1.00. The van der Waals surface area contributed by atoms with Crippen LogP contribution in [0, 0.1) is 5.92 Å². The van der Waals surface area contributed by atoms with Gasteiger partial charge in [-0.15, -0.1) is 0 Å².